The van der Waals surface area contributed by atoms with E-state index in [1.54, 1.807) is 17.4 Å². The van der Waals surface area contributed by atoms with E-state index in [1.807, 2.05) is 12.1 Å². The summed E-state index contributed by atoms with van der Waals surface area (Å²) in [5, 5.41) is 9.23. The first-order valence-corrected chi connectivity index (χ1v) is 8.86. The zero-order valence-electron chi connectivity index (χ0n) is 12.2. The molecule has 0 unspecified atom stereocenters. The summed E-state index contributed by atoms with van der Waals surface area (Å²) in [6, 6.07) is 7.00. The zero-order valence-corrected chi connectivity index (χ0v) is 13.0. The molecule has 3 aliphatic carbocycles. The quantitative estimate of drug-likeness (QED) is 0.840. The average molecular weight is 315 g/mol. The van der Waals surface area contributed by atoms with Gasteiger partial charge in [0.25, 0.3) is 0 Å². The highest BCUT2D eigenvalue weighted by Crippen LogP contribution is 2.47. The molecule has 2 N–H and O–H groups in total. The van der Waals surface area contributed by atoms with Crippen LogP contribution in [0.1, 0.15) is 37.0 Å². The largest absolute Gasteiger partial charge is 0.344 e. The first kappa shape index (κ1) is 12.9. The van der Waals surface area contributed by atoms with Crippen LogP contribution in [0.5, 0.6) is 0 Å². The van der Waals surface area contributed by atoms with Crippen LogP contribution in [0.2, 0.25) is 0 Å². The molecule has 2 bridgehead atoms. The van der Waals surface area contributed by atoms with Gasteiger partial charge in [-0.1, -0.05) is 0 Å². The van der Waals surface area contributed by atoms with E-state index in [0.29, 0.717) is 5.92 Å². The summed E-state index contributed by atoms with van der Waals surface area (Å²) < 4.78 is 14.5. The highest BCUT2D eigenvalue weighted by Gasteiger charge is 2.50. The van der Waals surface area contributed by atoms with Crippen LogP contribution in [0.3, 0.4) is 0 Å². The van der Waals surface area contributed by atoms with Gasteiger partial charge in [0.15, 0.2) is 5.84 Å². The van der Waals surface area contributed by atoms with Gasteiger partial charge in [-0.3, -0.25) is 5.43 Å². The number of hydrogen-bond donors (Lipinski definition) is 2. The lowest BCUT2D eigenvalue weighted by Crippen LogP contribution is -2.62. The Labute approximate surface area is 132 Å². The van der Waals surface area contributed by atoms with Gasteiger partial charge in [-0.15, -0.1) is 11.3 Å². The van der Waals surface area contributed by atoms with E-state index in [-0.39, 0.29) is 11.5 Å². The fraction of sp³-hybridized carbons (Fsp3) is 0.471. The summed E-state index contributed by atoms with van der Waals surface area (Å²) >= 11 is 1.67. The second-order valence-electron chi connectivity index (χ2n) is 6.88. The SMILES string of the molecule is Fc1ccc2sc(C3=NN[C@]4(CC5CCC4CC5)N3)cc2c1. The molecule has 114 valence electrons. The fourth-order valence-electron chi connectivity index (χ4n) is 4.44. The van der Waals surface area contributed by atoms with Gasteiger partial charge >= 0.3 is 0 Å². The third-order valence-electron chi connectivity index (χ3n) is 5.57. The molecule has 1 aromatic carbocycles. The van der Waals surface area contributed by atoms with Gasteiger partial charge in [0.1, 0.15) is 11.5 Å². The lowest BCUT2D eigenvalue weighted by Gasteiger charge is -2.49. The maximum absolute atomic E-state index is 13.4. The monoisotopic (exact) mass is 315 g/mol. The Morgan fingerprint density at radius 2 is 2.05 bits per heavy atom. The highest BCUT2D eigenvalue weighted by molar-refractivity contribution is 7.20. The minimum Gasteiger partial charge on any atom is -0.344 e. The molecule has 3 nitrogen and oxygen atoms in total. The van der Waals surface area contributed by atoms with Crippen molar-refractivity contribution in [3.8, 4) is 0 Å². The fourth-order valence-corrected chi connectivity index (χ4v) is 5.43. The summed E-state index contributed by atoms with van der Waals surface area (Å²) in [7, 11) is 0. The predicted octanol–water partition coefficient (Wildman–Crippen LogP) is 3.80. The van der Waals surface area contributed by atoms with Crippen LogP contribution in [0, 0.1) is 17.7 Å². The summed E-state index contributed by atoms with van der Waals surface area (Å²) in [4.78, 5) is 1.09. The maximum atomic E-state index is 13.4. The van der Waals surface area contributed by atoms with Crippen molar-refractivity contribution in [1.82, 2.24) is 10.7 Å². The van der Waals surface area contributed by atoms with Crippen LogP contribution in [-0.4, -0.2) is 11.5 Å². The molecule has 22 heavy (non-hydrogen) atoms. The summed E-state index contributed by atoms with van der Waals surface area (Å²) in [6.07, 6.45) is 6.50. The number of amidine groups is 1. The van der Waals surface area contributed by atoms with E-state index < -0.39 is 0 Å². The summed E-state index contributed by atoms with van der Waals surface area (Å²) in [5.41, 5.74) is 3.39. The van der Waals surface area contributed by atoms with E-state index in [0.717, 1.165) is 26.7 Å². The number of thiophene rings is 1. The number of hydrogen-bond acceptors (Lipinski definition) is 4. The van der Waals surface area contributed by atoms with Crippen molar-refractivity contribution in [2.75, 3.05) is 0 Å². The molecule has 1 aromatic heterocycles. The smallest absolute Gasteiger partial charge is 0.165 e. The standard InChI is InChI=1S/C17H18FN3S/c18-13-5-6-14-11(7-13)8-15(22-14)16-19-17(21-20-16)9-10-1-3-12(17)4-2-10/h5-8,10,12,21H,1-4,9H2,(H,19,20)/t10?,12?,17-/m0/s1. The minimum absolute atomic E-state index is 0.0298. The Morgan fingerprint density at radius 1 is 1.18 bits per heavy atom. The number of nitrogens with one attached hydrogen (secondary N) is 2. The van der Waals surface area contributed by atoms with Crippen molar-refractivity contribution in [1.29, 1.82) is 0 Å². The molecule has 2 heterocycles. The average Bonchev–Trinajstić information content (AvgIpc) is 3.12. The van der Waals surface area contributed by atoms with Gasteiger partial charge in [-0.2, -0.15) is 5.10 Å². The van der Waals surface area contributed by atoms with Crippen LogP contribution in [0.15, 0.2) is 29.4 Å². The van der Waals surface area contributed by atoms with Gasteiger partial charge in [0.2, 0.25) is 0 Å². The van der Waals surface area contributed by atoms with Gasteiger partial charge in [-0.25, -0.2) is 4.39 Å². The highest BCUT2D eigenvalue weighted by atomic mass is 32.1. The topological polar surface area (TPSA) is 36.4 Å². The Hall–Kier alpha value is -1.62. The number of rotatable bonds is 1. The van der Waals surface area contributed by atoms with Gasteiger partial charge in [0.05, 0.1) is 4.88 Å². The Balaban J connectivity index is 1.46. The van der Waals surface area contributed by atoms with Crippen LogP contribution in [0.4, 0.5) is 4.39 Å². The van der Waals surface area contributed by atoms with Crippen molar-refractivity contribution < 1.29 is 4.39 Å². The molecule has 0 saturated heterocycles. The summed E-state index contributed by atoms with van der Waals surface area (Å²) in [6.45, 7) is 0. The molecule has 1 spiro atoms. The molecule has 0 amide bonds. The molecule has 1 atom stereocenters. The Morgan fingerprint density at radius 3 is 2.82 bits per heavy atom. The lowest BCUT2D eigenvalue weighted by atomic mass is 9.64. The Bertz CT molecular complexity index is 775. The van der Waals surface area contributed by atoms with E-state index in [2.05, 4.69) is 15.8 Å². The van der Waals surface area contributed by atoms with Crippen molar-refractivity contribution in [3.63, 3.8) is 0 Å². The van der Waals surface area contributed by atoms with E-state index in [1.165, 1.54) is 38.2 Å². The molecular formula is C17H18FN3S. The zero-order chi connectivity index (χ0) is 14.7. The number of halogens is 1. The van der Waals surface area contributed by atoms with Crippen molar-refractivity contribution in [2.24, 2.45) is 16.9 Å². The van der Waals surface area contributed by atoms with Crippen molar-refractivity contribution in [2.45, 2.75) is 37.8 Å². The van der Waals surface area contributed by atoms with E-state index in [9.17, 15) is 4.39 Å². The minimum atomic E-state index is -0.183. The molecule has 4 aliphatic rings. The van der Waals surface area contributed by atoms with Crippen LogP contribution < -0.4 is 10.7 Å². The number of benzene rings is 1. The lowest BCUT2D eigenvalue weighted by molar-refractivity contribution is 0.0394. The van der Waals surface area contributed by atoms with Crippen LogP contribution in [0.25, 0.3) is 10.1 Å². The summed E-state index contributed by atoms with van der Waals surface area (Å²) in [5.74, 6) is 2.24. The molecule has 3 saturated carbocycles. The molecule has 3 fully saturated rings. The molecule has 0 radical (unpaired) electrons. The molecule has 5 heteroatoms. The molecule has 6 rings (SSSR count). The first-order valence-electron chi connectivity index (χ1n) is 8.04. The first-order chi connectivity index (χ1) is 10.7. The maximum Gasteiger partial charge on any atom is 0.165 e. The number of hydrazone groups is 1. The Kier molecular flexibility index (Phi) is 2.60. The number of nitrogens with zero attached hydrogens (tertiary/aromatic N) is 1. The van der Waals surface area contributed by atoms with Crippen molar-refractivity contribution in [3.05, 3.63) is 35.0 Å². The normalized spacial score (nSPS) is 33.0. The number of fused-ring (bicyclic) bond motifs is 3. The van der Waals surface area contributed by atoms with E-state index >= 15 is 0 Å². The van der Waals surface area contributed by atoms with Crippen LogP contribution >= 0.6 is 11.3 Å². The third-order valence-corrected chi connectivity index (χ3v) is 6.70. The van der Waals surface area contributed by atoms with Crippen molar-refractivity contribution >= 4 is 27.3 Å². The van der Waals surface area contributed by atoms with Gasteiger partial charge in [0, 0.05) is 10.6 Å². The van der Waals surface area contributed by atoms with Crippen LogP contribution in [-0.2, 0) is 0 Å². The molecular weight excluding hydrogens is 297 g/mol. The third kappa shape index (κ3) is 1.81. The second kappa shape index (κ2) is 4.44. The van der Waals surface area contributed by atoms with Gasteiger partial charge in [-0.05, 0) is 67.7 Å². The molecule has 1 aliphatic heterocycles. The predicted molar refractivity (Wildman–Crippen MR) is 87.4 cm³/mol. The van der Waals surface area contributed by atoms with E-state index in [4.69, 9.17) is 0 Å². The van der Waals surface area contributed by atoms with Gasteiger partial charge < -0.3 is 5.32 Å². The molecule has 2 aromatic rings. The second-order valence-corrected chi connectivity index (χ2v) is 7.97.